The second-order valence-electron chi connectivity index (χ2n) is 5.91. The molecular formula is C15H24IN3O. The molecule has 2 rings (SSSR count). The zero-order valence-electron chi connectivity index (χ0n) is 12.8. The van der Waals surface area contributed by atoms with Gasteiger partial charge in [-0.3, -0.25) is 0 Å². The molecule has 5 heteroatoms. The van der Waals surface area contributed by atoms with Crippen LogP contribution in [-0.4, -0.2) is 24.1 Å². The minimum absolute atomic E-state index is 0.276. The van der Waals surface area contributed by atoms with Gasteiger partial charge >= 0.3 is 0 Å². The van der Waals surface area contributed by atoms with Crippen LogP contribution >= 0.6 is 22.6 Å². The summed E-state index contributed by atoms with van der Waals surface area (Å²) in [6.45, 7) is 4.44. The molecule has 0 amide bonds. The van der Waals surface area contributed by atoms with Crippen molar-refractivity contribution in [3.63, 3.8) is 0 Å². The highest BCUT2D eigenvalue weighted by atomic mass is 127. The van der Waals surface area contributed by atoms with E-state index in [1.165, 1.54) is 12.8 Å². The monoisotopic (exact) mass is 389 g/mol. The lowest BCUT2D eigenvalue weighted by Crippen LogP contribution is -2.29. The van der Waals surface area contributed by atoms with Gasteiger partial charge < -0.3 is 10.1 Å². The van der Waals surface area contributed by atoms with E-state index in [2.05, 4.69) is 41.8 Å². The first-order valence-electron chi connectivity index (χ1n) is 7.32. The van der Waals surface area contributed by atoms with Crippen molar-refractivity contribution in [2.45, 2.75) is 51.6 Å². The molecule has 4 nitrogen and oxygen atoms in total. The van der Waals surface area contributed by atoms with E-state index in [9.17, 15) is 0 Å². The van der Waals surface area contributed by atoms with E-state index in [4.69, 9.17) is 14.7 Å². The summed E-state index contributed by atoms with van der Waals surface area (Å²) in [6, 6.07) is 0. The smallest absolute Gasteiger partial charge is 0.162 e. The Labute approximate surface area is 135 Å². The fraction of sp³-hybridized carbons (Fsp3) is 0.733. The Bertz CT molecular complexity index is 470. The molecule has 20 heavy (non-hydrogen) atoms. The van der Waals surface area contributed by atoms with Crippen LogP contribution in [0.25, 0.3) is 0 Å². The average molecular weight is 389 g/mol. The Morgan fingerprint density at radius 1 is 1.30 bits per heavy atom. The fourth-order valence-corrected chi connectivity index (χ4v) is 3.58. The number of ether oxygens (including phenoxy) is 1. The maximum atomic E-state index is 5.83. The van der Waals surface area contributed by atoms with Gasteiger partial charge in [-0.25, -0.2) is 9.97 Å². The topological polar surface area (TPSA) is 47.0 Å². The molecule has 1 saturated carbocycles. The summed E-state index contributed by atoms with van der Waals surface area (Å²) < 4.78 is 6.96. The summed E-state index contributed by atoms with van der Waals surface area (Å²) in [6.07, 6.45) is 5.40. The second kappa shape index (κ2) is 6.56. The first kappa shape index (κ1) is 15.9. The molecule has 0 unspecified atom stereocenters. The third kappa shape index (κ3) is 3.08. The number of halogens is 1. The van der Waals surface area contributed by atoms with E-state index in [0.29, 0.717) is 5.92 Å². The van der Waals surface area contributed by atoms with Crippen LogP contribution in [-0.2, 0) is 16.8 Å². The van der Waals surface area contributed by atoms with Crippen LogP contribution in [0.5, 0.6) is 0 Å². The van der Waals surface area contributed by atoms with Gasteiger partial charge in [-0.1, -0.05) is 13.8 Å². The number of nitrogens with zero attached hydrogens (tertiary/aromatic N) is 2. The zero-order valence-corrected chi connectivity index (χ0v) is 15.0. The highest BCUT2D eigenvalue weighted by Crippen LogP contribution is 2.41. The first-order valence-corrected chi connectivity index (χ1v) is 8.40. The van der Waals surface area contributed by atoms with Gasteiger partial charge in [0.1, 0.15) is 11.4 Å². The molecule has 0 spiro atoms. The molecule has 112 valence electrons. The fourth-order valence-electron chi connectivity index (χ4n) is 2.85. The number of anilines is 1. The molecular weight excluding hydrogens is 365 g/mol. The quantitative estimate of drug-likeness (QED) is 0.780. The van der Waals surface area contributed by atoms with Crippen molar-refractivity contribution in [1.82, 2.24) is 9.97 Å². The summed E-state index contributed by atoms with van der Waals surface area (Å²) in [5.74, 6) is 2.37. The van der Waals surface area contributed by atoms with Gasteiger partial charge in [-0.15, -0.1) is 0 Å². The minimum Gasteiger partial charge on any atom is -0.372 e. The average Bonchev–Trinajstić information content (AvgIpc) is 2.90. The highest BCUT2D eigenvalue weighted by Gasteiger charge is 2.39. The Balaban J connectivity index is 2.47. The lowest BCUT2D eigenvalue weighted by molar-refractivity contribution is -0.0164. The molecule has 1 aliphatic rings. The van der Waals surface area contributed by atoms with Crippen molar-refractivity contribution in [3.8, 4) is 0 Å². The van der Waals surface area contributed by atoms with Crippen LogP contribution < -0.4 is 5.32 Å². The Kier molecular flexibility index (Phi) is 5.23. The third-order valence-electron chi connectivity index (χ3n) is 3.97. The number of aromatic nitrogens is 2. The van der Waals surface area contributed by atoms with E-state index in [1.807, 2.05) is 7.05 Å². The molecule has 0 aliphatic heterocycles. The van der Waals surface area contributed by atoms with Gasteiger partial charge in [0.05, 0.1) is 9.26 Å². The Hall–Kier alpha value is -0.430. The van der Waals surface area contributed by atoms with Crippen LogP contribution in [0.2, 0.25) is 0 Å². The summed E-state index contributed by atoms with van der Waals surface area (Å²) in [4.78, 5) is 9.59. The normalized spacial score (nSPS) is 17.7. The molecule has 0 saturated heterocycles. The standard InChI is InChI=1S/C15H24IN3O/c1-10(2)9-11-12(16)13(17-3)19-14(18-11)15(20-4)7-5-6-8-15/h10H,5-9H2,1-4H3,(H,17,18,19). The molecule has 1 aromatic heterocycles. The summed E-state index contributed by atoms with van der Waals surface area (Å²) >= 11 is 2.34. The largest absolute Gasteiger partial charge is 0.372 e. The number of nitrogens with one attached hydrogen (secondary N) is 1. The predicted molar refractivity (Wildman–Crippen MR) is 90.0 cm³/mol. The molecule has 0 radical (unpaired) electrons. The summed E-state index contributed by atoms with van der Waals surface area (Å²) in [7, 11) is 3.70. The van der Waals surface area contributed by atoms with Crippen molar-refractivity contribution >= 4 is 28.4 Å². The van der Waals surface area contributed by atoms with E-state index in [-0.39, 0.29) is 5.60 Å². The van der Waals surface area contributed by atoms with Gasteiger partial charge in [0, 0.05) is 14.2 Å². The van der Waals surface area contributed by atoms with Crippen molar-refractivity contribution in [1.29, 1.82) is 0 Å². The van der Waals surface area contributed by atoms with E-state index < -0.39 is 0 Å². The van der Waals surface area contributed by atoms with E-state index >= 15 is 0 Å². The van der Waals surface area contributed by atoms with Gasteiger partial charge in [-0.05, 0) is 60.6 Å². The predicted octanol–water partition coefficient (Wildman–Crippen LogP) is 3.74. The number of hydrogen-bond donors (Lipinski definition) is 1. The van der Waals surface area contributed by atoms with Crippen molar-refractivity contribution in [3.05, 3.63) is 15.1 Å². The number of rotatable bonds is 5. The van der Waals surface area contributed by atoms with Crippen LogP contribution in [0.15, 0.2) is 0 Å². The van der Waals surface area contributed by atoms with Gasteiger partial charge in [0.25, 0.3) is 0 Å². The third-order valence-corrected chi connectivity index (χ3v) is 5.10. The van der Waals surface area contributed by atoms with E-state index in [0.717, 1.165) is 40.2 Å². The van der Waals surface area contributed by atoms with Crippen LogP contribution in [0, 0.1) is 9.49 Å². The summed E-state index contributed by atoms with van der Waals surface area (Å²) in [5.41, 5.74) is 0.861. The Morgan fingerprint density at radius 2 is 1.95 bits per heavy atom. The van der Waals surface area contributed by atoms with Crippen molar-refractivity contribution in [2.75, 3.05) is 19.5 Å². The van der Waals surface area contributed by atoms with E-state index in [1.54, 1.807) is 7.11 Å². The maximum Gasteiger partial charge on any atom is 0.162 e. The van der Waals surface area contributed by atoms with Gasteiger partial charge in [0.15, 0.2) is 5.82 Å². The van der Waals surface area contributed by atoms with Gasteiger partial charge in [0.2, 0.25) is 0 Å². The van der Waals surface area contributed by atoms with Gasteiger partial charge in [-0.2, -0.15) is 0 Å². The SMILES string of the molecule is CNc1nc(C2(OC)CCCC2)nc(CC(C)C)c1I. The van der Waals surface area contributed by atoms with Crippen LogP contribution in [0.3, 0.4) is 0 Å². The molecule has 1 N–H and O–H groups in total. The molecule has 1 aliphatic carbocycles. The van der Waals surface area contributed by atoms with Crippen molar-refractivity contribution in [2.24, 2.45) is 5.92 Å². The first-order chi connectivity index (χ1) is 9.52. The van der Waals surface area contributed by atoms with Crippen LogP contribution in [0.1, 0.15) is 51.0 Å². The maximum absolute atomic E-state index is 5.83. The molecule has 0 bridgehead atoms. The highest BCUT2D eigenvalue weighted by molar-refractivity contribution is 14.1. The van der Waals surface area contributed by atoms with Crippen molar-refractivity contribution < 1.29 is 4.74 Å². The second-order valence-corrected chi connectivity index (χ2v) is 6.99. The molecule has 1 aromatic rings. The molecule has 0 atom stereocenters. The number of hydrogen-bond acceptors (Lipinski definition) is 4. The summed E-state index contributed by atoms with van der Waals surface area (Å²) in [5, 5.41) is 3.20. The van der Waals surface area contributed by atoms with Crippen LogP contribution in [0.4, 0.5) is 5.82 Å². The zero-order chi connectivity index (χ0) is 14.8. The molecule has 0 aromatic carbocycles. The minimum atomic E-state index is -0.276. The molecule has 1 fully saturated rings. The lowest BCUT2D eigenvalue weighted by atomic mass is 10.00. The number of methoxy groups -OCH3 is 1. The Morgan fingerprint density at radius 3 is 2.45 bits per heavy atom. The lowest BCUT2D eigenvalue weighted by Gasteiger charge is -2.27. The molecule has 1 heterocycles.